The van der Waals surface area contributed by atoms with Crippen molar-refractivity contribution in [2.75, 3.05) is 66.7 Å². The molecule has 23 heavy (non-hydrogen) atoms. The van der Waals surface area contributed by atoms with Crippen molar-refractivity contribution in [3.05, 3.63) is 0 Å². The second kappa shape index (κ2) is 10.4. The molecule has 0 aliphatic carbocycles. The third kappa shape index (κ3) is 7.62. The van der Waals surface area contributed by atoms with Gasteiger partial charge < -0.3 is 25.4 Å². The Kier molecular flexibility index (Phi) is 8.90. The van der Waals surface area contributed by atoms with Crippen LogP contribution in [0.15, 0.2) is 4.99 Å². The van der Waals surface area contributed by atoms with Crippen LogP contribution in [0, 0.1) is 0 Å². The minimum atomic E-state index is -0.0857. The molecule has 3 N–H and O–H groups in total. The van der Waals surface area contributed by atoms with E-state index in [9.17, 15) is 4.79 Å². The maximum Gasteiger partial charge on any atom is 0.239 e. The predicted molar refractivity (Wildman–Crippen MR) is 90.7 cm³/mol. The SMILES string of the molecule is CN=C(NCC(=O)NCCOC)NCC(C)(C)N1CCOCC1. The van der Waals surface area contributed by atoms with Crippen LogP contribution in [0.25, 0.3) is 0 Å². The van der Waals surface area contributed by atoms with Crippen molar-refractivity contribution >= 4 is 11.9 Å². The zero-order valence-electron chi connectivity index (χ0n) is 14.8. The second-order valence-corrected chi connectivity index (χ2v) is 6.03. The molecule has 0 aromatic carbocycles. The van der Waals surface area contributed by atoms with E-state index in [0.29, 0.717) is 19.1 Å². The van der Waals surface area contributed by atoms with Gasteiger partial charge in [0.1, 0.15) is 0 Å². The lowest BCUT2D eigenvalue weighted by Crippen LogP contribution is -2.56. The minimum absolute atomic E-state index is 0.0118. The molecular weight excluding hydrogens is 298 g/mol. The summed E-state index contributed by atoms with van der Waals surface area (Å²) in [6.45, 7) is 9.73. The largest absolute Gasteiger partial charge is 0.383 e. The zero-order chi connectivity index (χ0) is 17.1. The van der Waals surface area contributed by atoms with E-state index < -0.39 is 0 Å². The summed E-state index contributed by atoms with van der Waals surface area (Å²) in [6, 6.07) is 0. The van der Waals surface area contributed by atoms with E-state index in [-0.39, 0.29) is 18.0 Å². The van der Waals surface area contributed by atoms with Gasteiger partial charge in [-0.25, -0.2) is 0 Å². The summed E-state index contributed by atoms with van der Waals surface area (Å²) in [5.41, 5.74) is -0.0118. The Morgan fingerprint density at radius 2 is 1.96 bits per heavy atom. The number of rotatable bonds is 8. The Hall–Kier alpha value is -1.38. The van der Waals surface area contributed by atoms with Crippen molar-refractivity contribution in [3.63, 3.8) is 0 Å². The summed E-state index contributed by atoms with van der Waals surface area (Å²) in [7, 11) is 3.30. The lowest BCUT2D eigenvalue weighted by molar-refractivity contribution is -0.120. The van der Waals surface area contributed by atoms with E-state index in [1.54, 1.807) is 14.2 Å². The summed E-state index contributed by atoms with van der Waals surface area (Å²) < 4.78 is 10.3. The molecule has 1 heterocycles. The van der Waals surface area contributed by atoms with Gasteiger partial charge in [-0.3, -0.25) is 14.7 Å². The Balaban J connectivity index is 2.31. The molecule has 134 valence electrons. The number of amides is 1. The molecule has 1 saturated heterocycles. The molecule has 8 heteroatoms. The van der Waals surface area contributed by atoms with Gasteiger partial charge in [0.15, 0.2) is 5.96 Å². The summed E-state index contributed by atoms with van der Waals surface area (Å²) in [5, 5.41) is 9.05. The van der Waals surface area contributed by atoms with Crippen molar-refractivity contribution in [1.29, 1.82) is 0 Å². The summed E-state index contributed by atoms with van der Waals surface area (Å²) >= 11 is 0. The van der Waals surface area contributed by atoms with Gasteiger partial charge in [-0.2, -0.15) is 0 Å². The average molecular weight is 329 g/mol. The first-order valence-electron chi connectivity index (χ1n) is 8.02. The number of nitrogens with zero attached hydrogens (tertiary/aromatic N) is 2. The van der Waals surface area contributed by atoms with Gasteiger partial charge in [0.2, 0.25) is 5.91 Å². The Bertz CT molecular complexity index is 381. The molecule has 1 fully saturated rings. The number of guanidine groups is 1. The fraction of sp³-hybridized carbons (Fsp3) is 0.867. The zero-order valence-corrected chi connectivity index (χ0v) is 14.8. The number of ether oxygens (including phenoxy) is 2. The van der Waals surface area contributed by atoms with Crippen LogP contribution in [0.5, 0.6) is 0 Å². The van der Waals surface area contributed by atoms with E-state index in [1.165, 1.54) is 0 Å². The number of carbonyl (C=O) groups excluding carboxylic acids is 1. The quantitative estimate of drug-likeness (QED) is 0.302. The minimum Gasteiger partial charge on any atom is -0.383 e. The highest BCUT2D eigenvalue weighted by Crippen LogP contribution is 2.14. The number of hydrogen-bond acceptors (Lipinski definition) is 5. The first-order valence-corrected chi connectivity index (χ1v) is 8.02. The fourth-order valence-electron chi connectivity index (χ4n) is 2.32. The average Bonchev–Trinajstić information content (AvgIpc) is 2.56. The first-order chi connectivity index (χ1) is 11.0. The number of carbonyl (C=O) groups is 1. The maximum absolute atomic E-state index is 11.7. The molecule has 0 bridgehead atoms. The molecule has 1 amide bonds. The third-order valence-corrected chi connectivity index (χ3v) is 3.82. The van der Waals surface area contributed by atoms with Gasteiger partial charge in [-0.1, -0.05) is 0 Å². The lowest BCUT2D eigenvalue weighted by Gasteiger charge is -2.41. The van der Waals surface area contributed by atoms with Crippen molar-refractivity contribution < 1.29 is 14.3 Å². The van der Waals surface area contributed by atoms with E-state index in [1.807, 2.05) is 0 Å². The van der Waals surface area contributed by atoms with Crippen LogP contribution in [0.2, 0.25) is 0 Å². The smallest absolute Gasteiger partial charge is 0.239 e. The van der Waals surface area contributed by atoms with E-state index in [4.69, 9.17) is 9.47 Å². The van der Waals surface area contributed by atoms with Gasteiger partial charge >= 0.3 is 0 Å². The van der Waals surface area contributed by atoms with Crippen LogP contribution < -0.4 is 16.0 Å². The van der Waals surface area contributed by atoms with E-state index >= 15 is 0 Å². The topological polar surface area (TPSA) is 87.2 Å². The number of morpholine rings is 1. The van der Waals surface area contributed by atoms with Crippen LogP contribution in [0.1, 0.15) is 13.8 Å². The van der Waals surface area contributed by atoms with Crippen LogP contribution in [0.3, 0.4) is 0 Å². The molecule has 8 nitrogen and oxygen atoms in total. The molecular formula is C15H31N5O3. The van der Waals surface area contributed by atoms with Crippen molar-refractivity contribution in [1.82, 2.24) is 20.9 Å². The predicted octanol–water partition coefficient (Wildman–Crippen LogP) is -0.975. The molecule has 0 atom stereocenters. The van der Waals surface area contributed by atoms with Crippen molar-refractivity contribution in [2.45, 2.75) is 19.4 Å². The Morgan fingerprint density at radius 1 is 1.26 bits per heavy atom. The summed E-state index contributed by atoms with van der Waals surface area (Å²) in [4.78, 5) is 18.2. The second-order valence-electron chi connectivity index (χ2n) is 6.03. The van der Waals surface area contributed by atoms with Gasteiger partial charge in [0.25, 0.3) is 0 Å². The number of nitrogens with one attached hydrogen (secondary N) is 3. The number of methoxy groups -OCH3 is 1. The molecule has 1 aliphatic heterocycles. The molecule has 1 aliphatic rings. The molecule has 0 unspecified atom stereocenters. The number of aliphatic imine (C=N–C) groups is 1. The Labute approximate surface area is 139 Å². The van der Waals surface area contributed by atoms with Crippen LogP contribution in [0.4, 0.5) is 0 Å². The third-order valence-electron chi connectivity index (χ3n) is 3.82. The van der Waals surface area contributed by atoms with Crippen LogP contribution in [-0.2, 0) is 14.3 Å². The van der Waals surface area contributed by atoms with Crippen molar-refractivity contribution in [3.8, 4) is 0 Å². The van der Waals surface area contributed by atoms with Gasteiger partial charge in [-0.05, 0) is 13.8 Å². The van der Waals surface area contributed by atoms with Gasteiger partial charge in [0.05, 0.1) is 26.4 Å². The highest BCUT2D eigenvalue weighted by molar-refractivity contribution is 5.86. The monoisotopic (exact) mass is 329 g/mol. The highest BCUT2D eigenvalue weighted by atomic mass is 16.5. The Morgan fingerprint density at radius 3 is 2.57 bits per heavy atom. The molecule has 0 saturated carbocycles. The summed E-state index contributed by atoms with van der Waals surface area (Å²) in [6.07, 6.45) is 0. The van der Waals surface area contributed by atoms with Crippen LogP contribution in [-0.4, -0.2) is 89.0 Å². The molecule has 0 aromatic heterocycles. The normalized spacial score (nSPS) is 17.0. The first kappa shape index (κ1) is 19.7. The van der Waals surface area contributed by atoms with E-state index in [0.717, 1.165) is 32.8 Å². The van der Waals surface area contributed by atoms with Gasteiger partial charge in [-0.15, -0.1) is 0 Å². The summed E-state index contributed by atoms with van der Waals surface area (Å²) in [5.74, 6) is 0.533. The van der Waals surface area contributed by atoms with E-state index in [2.05, 4.69) is 39.7 Å². The van der Waals surface area contributed by atoms with Crippen molar-refractivity contribution in [2.24, 2.45) is 4.99 Å². The maximum atomic E-state index is 11.7. The number of hydrogen-bond donors (Lipinski definition) is 3. The fourth-order valence-corrected chi connectivity index (χ4v) is 2.32. The lowest BCUT2D eigenvalue weighted by atomic mass is 10.0. The highest BCUT2D eigenvalue weighted by Gasteiger charge is 2.28. The van der Waals surface area contributed by atoms with Crippen LogP contribution >= 0.6 is 0 Å². The molecule has 0 aromatic rings. The molecule has 0 spiro atoms. The van der Waals surface area contributed by atoms with Gasteiger partial charge in [0, 0.05) is 45.9 Å². The molecule has 1 rings (SSSR count). The molecule has 0 radical (unpaired) electrons. The standard InChI is InChI=1S/C15H31N5O3/c1-15(2,20-6-9-23-10-7-20)12-19-14(16-3)18-11-13(21)17-5-8-22-4/h5-12H2,1-4H3,(H,17,21)(H2,16,18,19).